The molecule has 1 N–H and O–H groups in total. The van der Waals surface area contributed by atoms with Crippen molar-refractivity contribution in [2.24, 2.45) is 5.92 Å². The quantitative estimate of drug-likeness (QED) is 0.665. The summed E-state index contributed by atoms with van der Waals surface area (Å²) in [6, 6.07) is 11.3. The van der Waals surface area contributed by atoms with Gasteiger partial charge in [-0.2, -0.15) is 0 Å². The zero-order chi connectivity index (χ0) is 21.5. The number of ketones is 1. The fourth-order valence-corrected chi connectivity index (χ4v) is 4.85. The van der Waals surface area contributed by atoms with Crippen LogP contribution in [0.5, 0.6) is 11.5 Å². The van der Waals surface area contributed by atoms with Gasteiger partial charge in [-0.15, -0.1) is 0 Å². The van der Waals surface area contributed by atoms with E-state index in [1.54, 1.807) is 6.07 Å². The molecular formula is C26H28N2O3. The summed E-state index contributed by atoms with van der Waals surface area (Å²) in [4.78, 5) is 14.5. The number of hydrogen-bond acceptors (Lipinski definition) is 3. The van der Waals surface area contributed by atoms with Gasteiger partial charge in [0.25, 0.3) is 0 Å². The lowest BCUT2D eigenvalue weighted by Crippen LogP contribution is -3.11. The first-order chi connectivity index (χ1) is 15.0. The number of likely N-dealkylation sites (tertiary alicyclic amines) is 1. The minimum absolute atomic E-state index is 0.0403. The molecule has 2 aliphatic rings. The molecule has 0 radical (unpaired) electrons. The molecule has 160 valence electrons. The minimum atomic E-state index is -0.146. The average molecular weight is 417 g/mol. The molecule has 0 amide bonds. The summed E-state index contributed by atoms with van der Waals surface area (Å²) in [5.74, 6) is 1.32. The number of aromatic nitrogens is 1. The summed E-state index contributed by atoms with van der Waals surface area (Å²) in [5.41, 5.74) is 3.22. The van der Waals surface area contributed by atoms with E-state index in [1.807, 2.05) is 18.2 Å². The maximum absolute atomic E-state index is 13.1. The molecule has 0 saturated carbocycles. The van der Waals surface area contributed by atoms with Gasteiger partial charge in [0.2, 0.25) is 5.78 Å². The number of piperidine rings is 1. The molecule has 3 heterocycles. The first-order valence-corrected chi connectivity index (χ1v) is 11.2. The molecule has 5 nitrogen and oxygen atoms in total. The third-order valence-corrected chi connectivity index (χ3v) is 6.75. The highest BCUT2D eigenvalue weighted by Crippen LogP contribution is 2.39. The minimum Gasteiger partial charge on any atom is -0.872 e. The van der Waals surface area contributed by atoms with Crippen LogP contribution in [0.3, 0.4) is 0 Å². The van der Waals surface area contributed by atoms with Crippen LogP contribution in [0.15, 0.2) is 48.4 Å². The largest absolute Gasteiger partial charge is 0.872 e. The predicted octanol–water partition coefficient (Wildman–Crippen LogP) is 3.17. The van der Waals surface area contributed by atoms with Crippen molar-refractivity contribution >= 4 is 22.8 Å². The van der Waals surface area contributed by atoms with Crippen LogP contribution < -0.4 is 14.7 Å². The normalized spacial score (nSPS) is 22.1. The summed E-state index contributed by atoms with van der Waals surface area (Å²) in [7, 11) is 0. The van der Waals surface area contributed by atoms with Gasteiger partial charge in [0.05, 0.1) is 18.7 Å². The van der Waals surface area contributed by atoms with Gasteiger partial charge in [0.15, 0.2) is 5.76 Å². The number of benzene rings is 2. The van der Waals surface area contributed by atoms with Crippen molar-refractivity contribution in [3.8, 4) is 11.5 Å². The standard InChI is InChI=1S/C26H28N2O3/c1-3-28-15-18(19-6-4-5-7-22(19)28)14-24-25(30)20-8-9-23(29)21(26(20)31-24)16-27-12-10-17(2)11-13-27/h4-9,14-15,17,29H,3,10-13,16H2,1-2H3. The van der Waals surface area contributed by atoms with Gasteiger partial charge in [0, 0.05) is 34.8 Å². The van der Waals surface area contributed by atoms with Crippen LogP contribution in [0, 0.1) is 5.92 Å². The van der Waals surface area contributed by atoms with Gasteiger partial charge >= 0.3 is 0 Å². The van der Waals surface area contributed by atoms with E-state index in [2.05, 4.69) is 36.7 Å². The number of quaternary nitrogens is 1. The number of para-hydroxylation sites is 1. The van der Waals surface area contributed by atoms with Crippen LogP contribution in [-0.4, -0.2) is 23.4 Å². The molecule has 1 fully saturated rings. The smallest absolute Gasteiger partial charge is 0.231 e. The van der Waals surface area contributed by atoms with Crippen molar-refractivity contribution in [1.82, 2.24) is 4.57 Å². The first-order valence-electron chi connectivity index (χ1n) is 11.2. The van der Waals surface area contributed by atoms with Crippen LogP contribution in [0.25, 0.3) is 17.0 Å². The summed E-state index contributed by atoms with van der Waals surface area (Å²) in [6.07, 6.45) is 6.22. The maximum Gasteiger partial charge on any atom is 0.231 e. The molecule has 5 heteroatoms. The Balaban J connectivity index is 1.49. The SMILES string of the molecule is CCn1cc(C=C2Oc3c(ccc([O-])c3C[NH+]3CCC(C)CC3)C2=O)c2ccccc21. The number of allylic oxidation sites excluding steroid dienone is 1. The lowest BCUT2D eigenvalue weighted by Gasteiger charge is -2.29. The highest BCUT2D eigenvalue weighted by Gasteiger charge is 2.32. The average Bonchev–Trinajstić information content (AvgIpc) is 3.30. The van der Waals surface area contributed by atoms with Crippen molar-refractivity contribution in [3.05, 3.63) is 65.0 Å². The third-order valence-electron chi connectivity index (χ3n) is 6.75. The van der Waals surface area contributed by atoms with Crippen molar-refractivity contribution in [1.29, 1.82) is 0 Å². The monoisotopic (exact) mass is 416 g/mol. The van der Waals surface area contributed by atoms with Crippen molar-refractivity contribution in [2.45, 2.75) is 39.8 Å². The van der Waals surface area contributed by atoms with E-state index >= 15 is 0 Å². The second kappa shape index (κ2) is 7.89. The third kappa shape index (κ3) is 3.53. The van der Waals surface area contributed by atoms with Crippen LogP contribution >= 0.6 is 0 Å². The molecule has 1 saturated heterocycles. The van der Waals surface area contributed by atoms with E-state index in [0.717, 1.165) is 42.0 Å². The molecule has 2 aliphatic heterocycles. The van der Waals surface area contributed by atoms with E-state index in [-0.39, 0.29) is 11.5 Å². The molecule has 0 bridgehead atoms. The molecule has 0 aliphatic carbocycles. The molecule has 1 aromatic heterocycles. The highest BCUT2D eigenvalue weighted by atomic mass is 16.5. The van der Waals surface area contributed by atoms with E-state index in [9.17, 15) is 9.90 Å². The summed E-state index contributed by atoms with van der Waals surface area (Å²) >= 11 is 0. The lowest BCUT2D eigenvalue weighted by molar-refractivity contribution is -0.919. The number of ether oxygens (including phenoxy) is 1. The van der Waals surface area contributed by atoms with Crippen LogP contribution in [-0.2, 0) is 13.1 Å². The Morgan fingerprint density at radius 2 is 1.97 bits per heavy atom. The molecule has 0 spiro atoms. The predicted molar refractivity (Wildman–Crippen MR) is 119 cm³/mol. The Morgan fingerprint density at radius 1 is 1.19 bits per heavy atom. The molecule has 5 rings (SSSR count). The van der Waals surface area contributed by atoms with Crippen LogP contribution in [0.1, 0.15) is 48.2 Å². The van der Waals surface area contributed by atoms with Gasteiger partial charge < -0.3 is 19.3 Å². The second-order valence-electron chi connectivity index (χ2n) is 8.86. The Labute approximate surface area is 182 Å². The zero-order valence-corrected chi connectivity index (χ0v) is 18.1. The van der Waals surface area contributed by atoms with Gasteiger partial charge in [-0.05, 0) is 43.9 Å². The van der Waals surface area contributed by atoms with Crippen LogP contribution in [0.2, 0.25) is 0 Å². The Kier molecular flexibility index (Phi) is 5.06. The van der Waals surface area contributed by atoms with Crippen molar-refractivity contribution in [3.63, 3.8) is 0 Å². The Bertz CT molecular complexity index is 1180. The van der Waals surface area contributed by atoms with Gasteiger partial charge in [-0.25, -0.2) is 0 Å². The van der Waals surface area contributed by atoms with E-state index in [1.165, 1.54) is 23.8 Å². The lowest BCUT2D eigenvalue weighted by atomic mass is 9.98. The second-order valence-corrected chi connectivity index (χ2v) is 8.86. The number of rotatable bonds is 4. The number of nitrogens with one attached hydrogen (secondary N) is 1. The number of nitrogens with zero attached hydrogens (tertiary/aromatic N) is 1. The Morgan fingerprint density at radius 3 is 2.74 bits per heavy atom. The number of fused-ring (bicyclic) bond motifs is 2. The van der Waals surface area contributed by atoms with E-state index in [4.69, 9.17) is 4.74 Å². The van der Waals surface area contributed by atoms with Crippen molar-refractivity contribution in [2.75, 3.05) is 13.1 Å². The van der Waals surface area contributed by atoms with E-state index < -0.39 is 0 Å². The molecule has 2 aromatic carbocycles. The summed E-state index contributed by atoms with van der Waals surface area (Å²) in [6.45, 7) is 7.95. The van der Waals surface area contributed by atoms with Gasteiger partial charge in [-0.3, -0.25) is 4.79 Å². The zero-order valence-electron chi connectivity index (χ0n) is 18.1. The highest BCUT2D eigenvalue weighted by molar-refractivity contribution is 6.15. The molecule has 3 aromatic rings. The topological polar surface area (TPSA) is 58.7 Å². The van der Waals surface area contributed by atoms with Gasteiger partial charge in [-0.1, -0.05) is 36.9 Å². The van der Waals surface area contributed by atoms with Crippen LogP contribution in [0.4, 0.5) is 0 Å². The van der Waals surface area contributed by atoms with E-state index in [0.29, 0.717) is 29.2 Å². The number of hydrogen-bond donors (Lipinski definition) is 1. The maximum atomic E-state index is 13.1. The fraction of sp³-hybridized carbons (Fsp3) is 0.346. The molecular weight excluding hydrogens is 388 g/mol. The Hall–Kier alpha value is -3.05. The number of aryl methyl sites for hydroxylation is 1. The number of carbonyl (C=O) groups excluding carboxylic acids is 1. The van der Waals surface area contributed by atoms with Gasteiger partial charge in [0.1, 0.15) is 12.3 Å². The van der Waals surface area contributed by atoms with Crippen molar-refractivity contribution < 1.29 is 19.5 Å². The molecule has 0 atom stereocenters. The fourth-order valence-electron chi connectivity index (χ4n) is 4.85. The number of carbonyl (C=O) groups is 1. The first kappa shape index (κ1) is 19.9. The summed E-state index contributed by atoms with van der Waals surface area (Å²) < 4.78 is 8.24. The summed E-state index contributed by atoms with van der Waals surface area (Å²) in [5, 5.41) is 13.8. The molecule has 0 unspecified atom stereocenters. The molecule has 31 heavy (non-hydrogen) atoms. The number of Topliss-reactive ketones (excluding diaryl/α,β-unsaturated/α-hetero) is 1.